The number of nitrogens with zero attached hydrogens (tertiary/aromatic N) is 2. The van der Waals surface area contributed by atoms with E-state index in [1.54, 1.807) is 12.3 Å². The van der Waals surface area contributed by atoms with Crippen LogP contribution in [0.5, 0.6) is 0 Å². The first kappa shape index (κ1) is 13.1. The molecule has 2 rings (SSSR count). The lowest BCUT2D eigenvalue weighted by Gasteiger charge is -2.18. The minimum atomic E-state index is -0.917. The predicted molar refractivity (Wildman–Crippen MR) is 74.6 cm³/mol. The van der Waals surface area contributed by atoms with E-state index in [1.807, 2.05) is 37.4 Å². The molecule has 0 unspecified atom stereocenters. The highest BCUT2D eigenvalue weighted by Gasteiger charge is 2.05. The van der Waals surface area contributed by atoms with Gasteiger partial charge in [0.25, 0.3) is 0 Å². The lowest BCUT2D eigenvalue weighted by Crippen LogP contribution is -2.20. The Morgan fingerprint density at radius 3 is 2.68 bits per heavy atom. The van der Waals surface area contributed by atoms with Crippen LogP contribution in [0.2, 0.25) is 0 Å². The summed E-state index contributed by atoms with van der Waals surface area (Å²) in [6.07, 6.45) is 2.26. The average Bonchev–Trinajstić information content (AvgIpc) is 2.46. The molecular weight excluding hydrogens is 240 g/mol. The number of anilines is 1. The van der Waals surface area contributed by atoms with Crippen LogP contribution in [0.3, 0.4) is 0 Å². The maximum Gasteiger partial charge on any atom is 0.335 e. The molecule has 0 aliphatic carbocycles. The second-order valence-electron chi connectivity index (χ2n) is 4.35. The van der Waals surface area contributed by atoms with Crippen molar-refractivity contribution in [1.82, 2.24) is 4.98 Å². The zero-order chi connectivity index (χ0) is 13.7. The van der Waals surface area contributed by atoms with Crippen LogP contribution < -0.4 is 4.90 Å². The summed E-state index contributed by atoms with van der Waals surface area (Å²) < 4.78 is 0. The molecule has 0 radical (unpaired) electrons. The molecule has 1 aromatic carbocycles. The highest BCUT2D eigenvalue weighted by atomic mass is 16.4. The van der Waals surface area contributed by atoms with Crippen molar-refractivity contribution in [3.05, 3.63) is 59.9 Å². The van der Waals surface area contributed by atoms with Crippen LogP contribution in [0, 0.1) is 0 Å². The van der Waals surface area contributed by atoms with Gasteiger partial charge in [0.2, 0.25) is 0 Å². The summed E-state index contributed by atoms with van der Waals surface area (Å²) >= 11 is 0. The van der Waals surface area contributed by atoms with Gasteiger partial charge in [-0.05, 0) is 24.3 Å². The van der Waals surface area contributed by atoms with Crippen molar-refractivity contribution < 1.29 is 9.90 Å². The predicted octanol–water partition coefficient (Wildman–Crippen LogP) is 2.46. The number of carboxylic acid groups (broad SMARTS) is 1. The number of carboxylic acids is 1. The van der Waals surface area contributed by atoms with E-state index in [1.165, 1.54) is 6.07 Å². The lowest BCUT2D eigenvalue weighted by atomic mass is 10.2. The summed E-state index contributed by atoms with van der Waals surface area (Å²) in [5.41, 5.74) is 2.21. The number of aromatic nitrogens is 1. The van der Waals surface area contributed by atoms with E-state index in [0.29, 0.717) is 6.42 Å². The normalized spacial score (nSPS) is 10.2. The second kappa shape index (κ2) is 6.00. The Labute approximate surface area is 112 Å². The van der Waals surface area contributed by atoms with Gasteiger partial charge in [0.1, 0.15) is 0 Å². The van der Waals surface area contributed by atoms with Crippen LogP contribution in [0.4, 0.5) is 5.69 Å². The summed E-state index contributed by atoms with van der Waals surface area (Å²) in [5, 5.41) is 8.93. The van der Waals surface area contributed by atoms with Crippen molar-refractivity contribution in [3.8, 4) is 0 Å². The maximum absolute atomic E-state index is 10.9. The zero-order valence-corrected chi connectivity index (χ0v) is 10.8. The highest BCUT2D eigenvalue weighted by molar-refractivity contribution is 5.87. The Hall–Kier alpha value is -2.36. The Morgan fingerprint density at radius 2 is 2.00 bits per heavy atom. The molecule has 98 valence electrons. The third kappa shape index (κ3) is 3.55. The minimum absolute atomic E-state index is 0.285. The number of rotatable bonds is 5. The van der Waals surface area contributed by atoms with E-state index in [-0.39, 0.29) is 5.56 Å². The van der Waals surface area contributed by atoms with Crippen LogP contribution in [0.1, 0.15) is 16.1 Å². The molecule has 0 saturated heterocycles. The molecule has 4 heteroatoms. The molecule has 4 nitrogen and oxygen atoms in total. The van der Waals surface area contributed by atoms with Gasteiger partial charge in [-0.15, -0.1) is 0 Å². The molecular formula is C15H16N2O2. The van der Waals surface area contributed by atoms with Gasteiger partial charge in [0.15, 0.2) is 0 Å². The SMILES string of the molecule is CN(CCc1cc(C(=O)O)ccn1)c1ccccc1. The van der Waals surface area contributed by atoms with Crippen molar-refractivity contribution in [2.75, 3.05) is 18.5 Å². The van der Waals surface area contributed by atoms with Crippen LogP contribution in [0.25, 0.3) is 0 Å². The Bertz CT molecular complexity index is 555. The molecule has 0 fully saturated rings. The number of hydrogen-bond donors (Lipinski definition) is 1. The number of likely N-dealkylation sites (N-methyl/N-ethyl adjacent to an activating group) is 1. The molecule has 0 aliphatic heterocycles. The minimum Gasteiger partial charge on any atom is -0.478 e. The molecule has 0 amide bonds. The smallest absolute Gasteiger partial charge is 0.335 e. The molecule has 0 saturated carbocycles. The number of hydrogen-bond acceptors (Lipinski definition) is 3. The highest BCUT2D eigenvalue weighted by Crippen LogP contribution is 2.11. The van der Waals surface area contributed by atoms with Crippen molar-refractivity contribution in [2.45, 2.75) is 6.42 Å². The summed E-state index contributed by atoms with van der Waals surface area (Å²) in [5.74, 6) is -0.917. The first-order valence-electron chi connectivity index (χ1n) is 6.11. The fourth-order valence-electron chi connectivity index (χ4n) is 1.84. The molecule has 0 spiro atoms. The van der Waals surface area contributed by atoms with Gasteiger partial charge in [-0.3, -0.25) is 4.98 Å². The fourth-order valence-corrected chi connectivity index (χ4v) is 1.84. The van der Waals surface area contributed by atoms with Crippen molar-refractivity contribution in [2.24, 2.45) is 0 Å². The molecule has 2 aromatic rings. The van der Waals surface area contributed by atoms with Gasteiger partial charge >= 0.3 is 5.97 Å². The summed E-state index contributed by atoms with van der Waals surface area (Å²) in [4.78, 5) is 17.2. The van der Waals surface area contributed by atoms with Crippen molar-refractivity contribution >= 4 is 11.7 Å². The van der Waals surface area contributed by atoms with Crippen LogP contribution in [0.15, 0.2) is 48.7 Å². The van der Waals surface area contributed by atoms with Crippen molar-refractivity contribution in [3.63, 3.8) is 0 Å². The first-order valence-corrected chi connectivity index (χ1v) is 6.11. The zero-order valence-electron chi connectivity index (χ0n) is 10.8. The van der Waals surface area contributed by atoms with Gasteiger partial charge in [-0.2, -0.15) is 0 Å². The van der Waals surface area contributed by atoms with Gasteiger partial charge in [0.05, 0.1) is 5.56 Å². The van der Waals surface area contributed by atoms with E-state index in [2.05, 4.69) is 9.88 Å². The van der Waals surface area contributed by atoms with E-state index < -0.39 is 5.97 Å². The number of carbonyl (C=O) groups is 1. The number of aromatic carboxylic acids is 1. The maximum atomic E-state index is 10.9. The first-order chi connectivity index (χ1) is 9.16. The average molecular weight is 256 g/mol. The van der Waals surface area contributed by atoms with Gasteiger partial charge in [0, 0.05) is 37.6 Å². The van der Waals surface area contributed by atoms with Crippen molar-refractivity contribution in [1.29, 1.82) is 0 Å². The third-order valence-electron chi connectivity index (χ3n) is 2.96. The van der Waals surface area contributed by atoms with Crippen LogP contribution in [-0.4, -0.2) is 29.7 Å². The molecule has 19 heavy (non-hydrogen) atoms. The second-order valence-corrected chi connectivity index (χ2v) is 4.35. The van der Waals surface area contributed by atoms with E-state index in [0.717, 1.165) is 17.9 Å². The van der Waals surface area contributed by atoms with E-state index in [4.69, 9.17) is 5.11 Å². The van der Waals surface area contributed by atoms with E-state index in [9.17, 15) is 4.79 Å². The number of pyridine rings is 1. The lowest BCUT2D eigenvalue weighted by molar-refractivity contribution is 0.0696. The topological polar surface area (TPSA) is 53.4 Å². The van der Waals surface area contributed by atoms with Gasteiger partial charge < -0.3 is 10.0 Å². The quantitative estimate of drug-likeness (QED) is 0.892. The molecule has 0 atom stereocenters. The molecule has 1 heterocycles. The molecule has 1 aromatic heterocycles. The Balaban J connectivity index is 1.99. The molecule has 1 N–H and O–H groups in total. The van der Waals surface area contributed by atoms with E-state index >= 15 is 0 Å². The third-order valence-corrected chi connectivity index (χ3v) is 2.96. The monoisotopic (exact) mass is 256 g/mol. The number of para-hydroxylation sites is 1. The standard InChI is InChI=1S/C15H16N2O2/c1-17(14-5-3-2-4-6-14)10-8-13-11-12(15(18)19)7-9-16-13/h2-7,9,11H,8,10H2,1H3,(H,18,19). The summed E-state index contributed by atoms with van der Waals surface area (Å²) in [6, 6.07) is 13.2. The fraction of sp³-hybridized carbons (Fsp3) is 0.200. The summed E-state index contributed by atoms with van der Waals surface area (Å²) in [6.45, 7) is 0.792. The summed E-state index contributed by atoms with van der Waals surface area (Å²) in [7, 11) is 2.01. The Kier molecular flexibility index (Phi) is 4.13. The van der Waals surface area contributed by atoms with Crippen LogP contribution in [-0.2, 0) is 6.42 Å². The van der Waals surface area contributed by atoms with Crippen LogP contribution >= 0.6 is 0 Å². The van der Waals surface area contributed by atoms with Gasteiger partial charge in [-0.25, -0.2) is 4.79 Å². The number of benzene rings is 1. The molecule has 0 bridgehead atoms. The van der Waals surface area contributed by atoms with Gasteiger partial charge in [-0.1, -0.05) is 18.2 Å². The largest absolute Gasteiger partial charge is 0.478 e. The molecule has 0 aliphatic rings. The Morgan fingerprint density at radius 1 is 1.26 bits per heavy atom.